The van der Waals surface area contributed by atoms with Gasteiger partial charge in [0.2, 0.25) is 0 Å². The van der Waals surface area contributed by atoms with Gasteiger partial charge in [0.05, 0.1) is 17.7 Å². The molecule has 0 radical (unpaired) electrons. The number of amides is 1. The molecular weight excluding hydrogens is 348 g/mol. The molecule has 0 aromatic heterocycles. The molecule has 0 aliphatic heterocycles. The molecule has 2 rings (SSSR count). The molecule has 134 valence electrons. The van der Waals surface area contributed by atoms with E-state index in [4.69, 9.17) is 10.00 Å². The normalized spacial score (nSPS) is 10.0. The van der Waals surface area contributed by atoms with Crippen LogP contribution in [0.3, 0.4) is 0 Å². The second-order valence-electron chi connectivity index (χ2n) is 5.71. The number of carbonyl (C=O) groups excluding carboxylic acids is 2. The Labute approximate surface area is 157 Å². The average molecular weight is 368 g/mol. The zero-order chi connectivity index (χ0) is 18.9. The van der Waals surface area contributed by atoms with Gasteiger partial charge in [0.15, 0.2) is 6.61 Å². The number of hydrogen-bond acceptors (Lipinski definition) is 5. The summed E-state index contributed by atoms with van der Waals surface area (Å²) in [6.07, 6.45) is 0.222. The number of nitrogens with one attached hydrogen (secondary N) is 1. The first kappa shape index (κ1) is 19.5. The van der Waals surface area contributed by atoms with Gasteiger partial charge in [0, 0.05) is 10.6 Å². The number of hydrogen-bond donors (Lipinski definition) is 1. The van der Waals surface area contributed by atoms with Gasteiger partial charge in [-0.15, -0.1) is 11.8 Å². The zero-order valence-corrected chi connectivity index (χ0v) is 15.6. The maximum atomic E-state index is 11.8. The van der Waals surface area contributed by atoms with Gasteiger partial charge in [-0.05, 0) is 49.2 Å². The lowest BCUT2D eigenvalue weighted by molar-refractivity contribution is -0.146. The summed E-state index contributed by atoms with van der Waals surface area (Å²) in [6.45, 7) is 3.74. The zero-order valence-electron chi connectivity index (χ0n) is 14.7. The molecular formula is C20H20N2O3S. The Bertz CT molecular complexity index is 843. The number of para-hydroxylation sites is 1. The van der Waals surface area contributed by atoms with Crippen molar-refractivity contribution in [2.45, 2.75) is 25.2 Å². The van der Waals surface area contributed by atoms with Gasteiger partial charge in [-0.3, -0.25) is 9.59 Å². The van der Waals surface area contributed by atoms with Gasteiger partial charge in [-0.2, -0.15) is 5.26 Å². The maximum absolute atomic E-state index is 11.8. The van der Waals surface area contributed by atoms with Crippen molar-refractivity contribution in [1.29, 1.82) is 5.26 Å². The topological polar surface area (TPSA) is 79.2 Å². The Kier molecular flexibility index (Phi) is 7.24. The molecule has 26 heavy (non-hydrogen) atoms. The number of carbonyl (C=O) groups is 2. The molecule has 1 N–H and O–H groups in total. The molecule has 6 heteroatoms. The molecule has 0 unspecified atom stereocenters. The van der Waals surface area contributed by atoms with E-state index in [1.54, 1.807) is 36.0 Å². The molecule has 5 nitrogen and oxygen atoms in total. The van der Waals surface area contributed by atoms with E-state index >= 15 is 0 Å². The molecule has 0 spiro atoms. The molecule has 0 heterocycles. The molecule has 0 saturated heterocycles. The predicted molar refractivity (Wildman–Crippen MR) is 102 cm³/mol. The van der Waals surface area contributed by atoms with E-state index in [1.807, 2.05) is 12.1 Å². The fourth-order valence-electron chi connectivity index (χ4n) is 2.15. The Morgan fingerprint density at radius 1 is 1.15 bits per heavy atom. The first-order valence-electron chi connectivity index (χ1n) is 8.14. The fourth-order valence-corrected chi connectivity index (χ4v) is 3.08. The summed E-state index contributed by atoms with van der Waals surface area (Å²) in [4.78, 5) is 24.7. The number of nitrogens with zero attached hydrogens (tertiary/aromatic N) is 1. The highest BCUT2D eigenvalue weighted by Gasteiger charge is 2.10. The third-order valence-electron chi connectivity index (χ3n) is 3.74. The molecule has 0 atom stereocenters. The summed E-state index contributed by atoms with van der Waals surface area (Å²) in [5, 5.41) is 11.6. The summed E-state index contributed by atoms with van der Waals surface area (Å²) >= 11 is 1.58. The standard InChI is InChI=1S/C20H20N2O3S/c1-14-7-8-17(11-15(14)2)26-10-9-20(24)25-13-19(23)22-18-6-4-3-5-16(18)12-21/h3-8,11H,9-10,13H2,1-2H3,(H,22,23). The number of ether oxygens (including phenoxy) is 1. The van der Waals surface area contributed by atoms with Gasteiger partial charge < -0.3 is 10.1 Å². The molecule has 0 bridgehead atoms. The molecule has 0 aliphatic carbocycles. The van der Waals surface area contributed by atoms with Gasteiger partial charge in [-0.25, -0.2) is 0 Å². The minimum Gasteiger partial charge on any atom is -0.456 e. The lowest BCUT2D eigenvalue weighted by Gasteiger charge is -2.08. The van der Waals surface area contributed by atoms with Crippen LogP contribution in [0.1, 0.15) is 23.1 Å². The van der Waals surface area contributed by atoms with Crippen molar-refractivity contribution in [3.63, 3.8) is 0 Å². The molecule has 0 fully saturated rings. The smallest absolute Gasteiger partial charge is 0.307 e. The van der Waals surface area contributed by atoms with E-state index in [-0.39, 0.29) is 13.0 Å². The summed E-state index contributed by atoms with van der Waals surface area (Å²) in [5.74, 6) is -0.312. The second-order valence-corrected chi connectivity index (χ2v) is 6.88. The van der Waals surface area contributed by atoms with Crippen LogP contribution in [-0.4, -0.2) is 24.2 Å². The van der Waals surface area contributed by atoms with E-state index < -0.39 is 11.9 Å². The third-order valence-corrected chi connectivity index (χ3v) is 4.73. The number of thioether (sulfide) groups is 1. The first-order valence-corrected chi connectivity index (χ1v) is 9.13. The second kappa shape index (κ2) is 9.64. The minimum atomic E-state index is -0.470. The van der Waals surface area contributed by atoms with E-state index in [9.17, 15) is 9.59 Å². The van der Waals surface area contributed by atoms with Crippen LogP contribution in [0.25, 0.3) is 0 Å². The van der Waals surface area contributed by atoms with E-state index in [0.717, 1.165) is 4.90 Å². The number of aryl methyl sites for hydroxylation is 2. The Morgan fingerprint density at radius 2 is 1.92 bits per heavy atom. The Morgan fingerprint density at radius 3 is 2.65 bits per heavy atom. The number of anilines is 1. The lowest BCUT2D eigenvalue weighted by Crippen LogP contribution is -2.21. The summed E-state index contributed by atoms with van der Waals surface area (Å²) in [7, 11) is 0. The van der Waals surface area contributed by atoms with Crippen molar-refractivity contribution >= 4 is 29.3 Å². The van der Waals surface area contributed by atoms with Crippen molar-refractivity contribution in [3.05, 3.63) is 59.2 Å². The van der Waals surface area contributed by atoms with E-state index in [0.29, 0.717) is 17.0 Å². The Balaban J connectivity index is 1.72. The number of rotatable bonds is 7. The van der Waals surface area contributed by atoms with Crippen LogP contribution in [0.4, 0.5) is 5.69 Å². The van der Waals surface area contributed by atoms with Crippen LogP contribution in [0.15, 0.2) is 47.4 Å². The molecule has 2 aromatic rings. The van der Waals surface area contributed by atoms with Crippen molar-refractivity contribution < 1.29 is 14.3 Å². The third kappa shape index (κ3) is 5.94. The largest absolute Gasteiger partial charge is 0.456 e. The van der Waals surface area contributed by atoms with Crippen LogP contribution in [0, 0.1) is 25.2 Å². The van der Waals surface area contributed by atoms with Gasteiger partial charge >= 0.3 is 5.97 Å². The van der Waals surface area contributed by atoms with Crippen molar-refractivity contribution in [2.75, 3.05) is 17.7 Å². The lowest BCUT2D eigenvalue weighted by atomic mass is 10.1. The predicted octanol–water partition coefficient (Wildman–Crippen LogP) is 3.84. The molecule has 0 aliphatic rings. The quantitative estimate of drug-likeness (QED) is 0.593. The highest BCUT2D eigenvalue weighted by atomic mass is 32.2. The Hall–Kier alpha value is -2.78. The maximum Gasteiger partial charge on any atom is 0.307 e. The first-order chi connectivity index (χ1) is 12.5. The van der Waals surface area contributed by atoms with Gasteiger partial charge in [0.25, 0.3) is 5.91 Å². The van der Waals surface area contributed by atoms with Crippen LogP contribution in [0.5, 0.6) is 0 Å². The van der Waals surface area contributed by atoms with Crippen LogP contribution in [-0.2, 0) is 14.3 Å². The van der Waals surface area contributed by atoms with Crippen LogP contribution in [0.2, 0.25) is 0 Å². The SMILES string of the molecule is Cc1ccc(SCCC(=O)OCC(=O)Nc2ccccc2C#N)cc1C. The van der Waals surface area contributed by atoms with E-state index in [1.165, 1.54) is 11.1 Å². The number of esters is 1. The minimum absolute atomic E-state index is 0.222. The number of benzene rings is 2. The van der Waals surface area contributed by atoms with E-state index in [2.05, 4.69) is 31.3 Å². The van der Waals surface area contributed by atoms with Crippen LogP contribution < -0.4 is 5.32 Å². The van der Waals surface area contributed by atoms with Crippen molar-refractivity contribution in [3.8, 4) is 6.07 Å². The molecule has 2 aromatic carbocycles. The monoisotopic (exact) mass is 368 g/mol. The van der Waals surface area contributed by atoms with Gasteiger partial charge in [-0.1, -0.05) is 18.2 Å². The molecule has 0 saturated carbocycles. The highest BCUT2D eigenvalue weighted by Crippen LogP contribution is 2.21. The van der Waals surface area contributed by atoms with Crippen molar-refractivity contribution in [2.24, 2.45) is 0 Å². The molecule has 1 amide bonds. The summed E-state index contributed by atoms with van der Waals surface area (Å²) in [5.41, 5.74) is 3.21. The fraction of sp³-hybridized carbons (Fsp3) is 0.250. The summed E-state index contributed by atoms with van der Waals surface area (Å²) in [6, 6.07) is 14.8. The highest BCUT2D eigenvalue weighted by molar-refractivity contribution is 7.99. The van der Waals surface area contributed by atoms with Crippen LogP contribution >= 0.6 is 11.8 Å². The number of nitriles is 1. The van der Waals surface area contributed by atoms with Gasteiger partial charge in [0.1, 0.15) is 6.07 Å². The average Bonchev–Trinajstić information content (AvgIpc) is 2.63. The summed E-state index contributed by atoms with van der Waals surface area (Å²) < 4.78 is 4.98. The van der Waals surface area contributed by atoms with Crippen molar-refractivity contribution in [1.82, 2.24) is 0 Å².